The predicted octanol–water partition coefficient (Wildman–Crippen LogP) is 6.21. The van der Waals surface area contributed by atoms with Crippen molar-refractivity contribution in [1.29, 1.82) is 0 Å². The molecule has 3 aromatic rings. The third-order valence-electron chi connectivity index (χ3n) is 4.55. The number of amides is 1. The van der Waals surface area contributed by atoms with Gasteiger partial charge in [-0.1, -0.05) is 29.3 Å². The van der Waals surface area contributed by atoms with Crippen molar-refractivity contribution in [3.63, 3.8) is 0 Å². The highest BCUT2D eigenvalue weighted by atomic mass is 79.9. The molecule has 0 atom stereocenters. The van der Waals surface area contributed by atoms with Crippen LogP contribution >= 0.6 is 39.1 Å². The van der Waals surface area contributed by atoms with Crippen molar-refractivity contribution in [3.05, 3.63) is 79.7 Å². The summed E-state index contributed by atoms with van der Waals surface area (Å²) in [4.78, 5) is 12.3. The molecule has 10 heteroatoms. The first-order valence-electron chi connectivity index (χ1n) is 10.1. The van der Waals surface area contributed by atoms with Crippen molar-refractivity contribution < 1.29 is 24.1 Å². The molecule has 0 aromatic heterocycles. The van der Waals surface area contributed by atoms with Crippen LogP contribution in [0.4, 0.5) is 0 Å². The molecule has 0 spiro atoms. The molecule has 2 N–H and O–H groups in total. The van der Waals surface area contributed by atoms with Gasteiger partial charge in [0.25, 0.3) is 5.91 Å². The minimum absolute atomic E-state index is 0.0683. The zero-order valence-electron chi connectivity index (χ0n) is 18.3. The second kappa shape index (κ2) is 12.0. The van der Waals surface area contributed by atoms with Gasteiger partial charge >= 0.3 is 0 Å². The second-order valence-electron chi connectivity index (χ2n) is 6.87. The number of methoxy groups -OCH3 is 1. The molecule has 1 amide bonds. The van der Waals surface area contributed by atoms with Crippen molar-refractivity contribution in [2.24, 2.45) is 5.10 Å². The Morgan fingerprint density at radius 2 is 1.94 bits per heavy atom. The summed E-state index contributed by atoms with van der Waals surface area (Å²) in [5, 5.41) is 15.0. The third kappa shape index (κ3) is 6.56. The molecule has 0 saturated carbocycles. The average Bonchev–Trinajstić information content (AvgIpc) is 2.79. The summed E-state index contributed by atoms with van der Waals surface area (Å²) in [6.07, 6.45) is 1.45. The summed E-state index contributed by atoms with van der Waals surface area (Å²) in [6.45, 7) is 2.48. The number of carbonyl (C=O) groups is 1. The Bertz CT molecular complexity index is 1220. The van der Waals surface area contributed by atoms with Crippen LogP contribution in [0, 0.1) is 0 Å². The molecule has 3 aromatic carbocycles. The molecule has 0 bridgehead atoms. The molecule has 0 fully saturated rings. The van der Waals surface area contributed by atoms with Gasteiger partial charge in [0.2, 0.25) is 0 Å². The van der Waals surface area contributed by atoms with E-state index in [1.165, 1.54) is 25.5 Å². The number of halogens is 3. The number of hydrogen-bond acceptors (Lipinski definition) is 6. The maximum atomic E-state index is 12.3. The molecule has 34 heavy (non-hydrogen) atoms. The van der Waals surface area contributed by atoms with Gasteiger partial charge in [-0.15, -0.1) is 0 Å². The summed E-state index contributed by atoms with van der Waals surface area (Å²) in [5.41, 5.74) is 3.87. The van der Waals surface area contributed by atoms with Crippen molar-refractivity contribution in [2.45, 2.75) is 13.5 Å². The number of benzene rings is 3. The van der Waals surface area contributed by atoms with Gasteiger partial charge in [0, 0.05) is 21.7 Å². The number of hydrogen-bond donors (Lipinski definition) is 2. The highest BCUT2D eigenvalue weighted by Gasteiger charge is 2.14. The van der Waals surface area contributed by atoms with Gasteiger partial charge in [-0.25, -0.2) is 5.43 Å². The molecule has 0 heterocycles. The molecular weight excluding hydrogens is 547 g/mol. The van der Waals surface area contributed by atoms with E-state index < -0.39 is 5.91 Å². The Kier molecular flexibility index (Phi) is 9.04. The normalized spacial score (nSPS) is 10.9. The van der Waals surface area contributed by atoms with Crippen LogP contribution in [0.2, 0.25) is 10.0 Å². The lowest BCUT2D eigenvalue weighted by atomic mass is 10.2. The summed E-state index contributed by atoms with van der Waals surface area (Å²) in [5.74, 6) is 0.641. The zero-order chi connectivity index (χ0) is 24.7. The van der Waals surface area contributed by atoms with E-state index in [4.69, 9.17) is 37.4 Å². The molecule has 178 valence electrons. The molecule has 3 rings (SSSR count). The van der Waals surface area contributed by atoms with Crippen LogP contribution in [0.1, 0.15) is 28.4 Å². The van der Waals surface area contributed by atoms with E-state index in [1.54, 1.807) is 36.4 Å². The molecule has 0 aliphatic heterocycles. The maximum absolute atomic E-state index is 12.3. The number of rotatable bonds is 9. The van der Waals surface area contributed by atoms with Crippen molar-refractivity contribution >= 4 is 51.3 Å². The highest BCUT2D eigenvalue weighted by Crippen LogP contribution is 2.37. The van der Waals surface area contributed by atoms with Crippen LogP contribution in [0.3, 0.4) is 0 Å². The lowest BCUT2D eigenvalue weighted by molar-refractivity contribution is 0.0952. The Morgan fingerprint density at radius 1 is 1.15 bits per heavy atom. The zero-order valence-corrected chi connectivity index (χ0v) is 21.4. The molecule has 7 nitrogen and oxygen atoms in total. The Labute approximate surface area is 215 Å². The molecule has 0 saturated heterocycles. The van der Waals surface area contributed by atoms with Gasteiger partial charge in [-0.2, -0.15) is 5.10 Å². The molecule has 0 aliphatic carbocycles. The summed E-state index contributed by atoms with van der Waals surface area (Å²) < 4.78 is 17.3. The number of ether oxygens (including phenoxy) is 3. The minimum atomic E-state index is -0.569. The fourth-order valence-electron chi connectivity index (χ4n) is 2.91. The number of carbonyl (C=O) groups excluding carboxylic acids is 1. The van der Waals surface area contributed by atoms with E-state index in [2.05, 4.69) is 26.5 Å². The number of phenols is 1. The van der Waals surface area contributed by atoms with Crippen LogP contribution in [0.25, 0.3) is 0 Å². The van der Waals surface area contributed by atoms with E-state index in [-0.39, 0.29) is 17.9 Å². The van der Waals surface area contributed by atoms with Crippen LogP contribution in [-0.2, 0) is 6.61 Å². The first-order chi connectivity index (χ1) is 16.3. The number of hydrazone groups is 1. The SMILES string of the molecule is CCOc1cc(/C=N\NC(=O)c2ccc(OC)cc2O)cc(Br)c1OCc1ccc(Cl)cc1Cl. The van der Waals surface area contributed by atoms with E-state index >= 15 is 0 Å². The van der Waals surface area contributed by atoms with Gasteiger partial charge in [0.15, 0.2) is 11.5 Å². The van der Waals surface area contributed by atoms with Crippen molar-refractivity contribution in [2.75, 3.05) is 13.7 Å². The largest absolute Gasteiger partial charge is 0.507 e. The standard InChI is InChI=1S/C24H21BrCl2N2O5/c1-3-33-22-9-14(12-28-29-24(31)18-7-6-17(32-2)11-21(18)30)8-19(25)23(22)34-13-15-4-5-16(26)10-20(15)27/h4-12,30H,3,13H2,1-2H3,(H,29,31)/b28-12-. The first kappa shape index (κ1) is 25.7. The Hall–Kier alpha value is -2.94. The Balaban J connectivity index is 1.74. The van der Waals surface area contributed by atoms with Gasteiger partial charge < -0.3 is 19.3 Å². The average molecular weight is 568 g/mol. The van der Waals surface area contributed by atoms with Gasteiger partial charge in [0.1, 0.15) is 18.1 Å². The monoisotopic (exact) mass is 566 g/mol. The van der Waals surface area contributed by atoms with Crippen molar-refractivity contribution in [1.82, 2.24) is 5.43 Å². The third-order valence-corrected chi connectivity index (χ3v) is 5.72. The smallest absolute Gasteiger partial charge is 0.275 e. The maximum Gasteiger partial charge on any atom is 0.275 e. The Morgan fingerprint density at radius 3 is 2.62 bits per heavy atom. The quantitative estimate of drug-likeness (QED) is 0.237. The van der Waals surface area contributed by atoms with Crippen LogP contribution < -0.4 is 19.6 Å². The van der Waals surface area contributed by atoms with Crippen LogP contribution in [-0.4, -0.2) is 30.9 Å². The van der Waals surface area contributed by atoms with E-state index in [0.29, 0.717) is 43.9 Å². The van der Waals surface area contributed by atoms with E-state index in [1.807, 2.05) is 6.92 Å². The fourth-order valence-corrected chi connectivity index (χ4v) is 3.95. The second-order valence-corrected chi connectivity index (χ2v) is 8.57. The van der Waals surface area contributed by atoms with Gasteiger partial charge in [-0.3, -0.25) is 4.79 Å². The number of nitrogens with one attached hydrogen (secondary N) is 1. The first-order valence-corrected chi connectivity index (χ1v) is 11.6. The molecular formula is C24H21BrCl2N2O5. The lowest BCUT2D eigenvalue weighted by Gasteiger charge is -2.15. The molecule has 0 aliphatic rings. The number of phenolic OH excluding ortho intramolecular Hbond substituents is 1. The number of aromatic hydroxyl groups is 1. The topological polar surface area (TPSA) is 89.4 Å². The summed E-state index contributed by atoms with van der Waals surface area (Å²) >= 11 is 15.7. The fraction of sp³-hybridized carbons (Fsp3) is 0.167. The summed E-state index contributed by atoms with van der Waals surface area (Å²) in [7, 11) is 1.47. The molecule has 0 radical (unpaired) electrons. The van der Waals surface area contributed by atoms with E-state index in [9.17, 15) is 9.90 Å². The van der Waals surface area contributed by atoms with Gasteiger partial charge in [0.05, 0.1) is 30.0 Å². The number of nitrogens with zero attached hydrogens (tertiary/aromatic N) is 1. The minimum Gasteiger partial charge on any atom is -0.507 e. The lowest BCUT2D eigenvalue weighted by Crippen LogP contribution is -2.17. The van der Waals surface area contributed by atoms with Crippen molar-refractivity contribution in [3.8, 4) is 23.0 Å². The predicted molar refractivity (Wildman–Crippen MR) is 136 cm³/mol. The summed E-state index contributed by atoms with van der Waals surface area (Å²) in [6, 6.07) is 13.0. The van der Waals surface area contributed by atoms with Crippen LogP contribution in [0.15, 0.2) is 58.1 Å². The van der Waals surface area contributed by atoms with Gasteiger partial charge in [-0.05, 0) is 64.8 Å². The van der Waals surface area contributed by atoms with Crippen LogP contribution in [0.5, 0.6) is 23.0 Å². The highest BCUT2D eigenvalue weighted by molar-refractivity contribution is 9.10. The molecule has 0 unspecified atom stereocenters. The van der Waals surface area contributed by atoms with E-state index in [0.717, 1.165) is 5.56 Å².